The van der Waals surface area contributed by atoms with Gasteiger partial charge in [-0.15, -0.1) is 0 Å². The van der Waals surface area contributed by atoms with Crippen LogP contribution in [0.1, 0.15) is 16.1 Å². The van der Waals surface area contributed by atoms with Crippen LogP contribution in [0, 0.1) is 17.6 Å². The fourth-order valence-electron chi connectivity index (χ4n) is 5.14. The first-order chi connectivity index (χ1) is 21.7. The average Bonchev–Trinajstić information content (AvgIpc) is 3.61. The van der Waals surface area contributed by atoms with E-state index in [0.717, 1.165) is 18.2 Å². The minimum absolute atomic E-state index is 0.0424. The third-order valence-corrected chi connectivity index (χ3v) is 9.18. The molecule has 226 valence electrons. The standard InChI is InChI=1S/C30H21F3N8O3S/c31-20-3-1-18(2-4-20)29-28(24-16-39(13-14-40(24)38-29)45(43,44)22-7-5-21(32)6-8-22)23-9-10-27-35-26(17-41(27)37-23)36-30(42)19-11-12-34-25(33)15-19/h1-12,15,17H,13-14,16H2,(H,36,42). The van der Waals surface area contributed by atoms with E-state index in [1.165, 1.54) is 51.5 Å². The average molecular weight is 631 g/mol. The summed E-state index contributed by atoms with van der Waals surface area (Å²) in [5.41, 5.74) is 2.98. The molecule has 4 aromatic heterocycles. The molecule has 1 aliphatic rings. The molecule has 0 saturated carbocycles. The van der Waals surface area contributed by atoms with Gasteiger partial charge in [-0.2, -0.15) is 18.9 Å². The van der Waals surface area contributed by atoms with Gasteiger partial charge in [-0.1, -0.05) is 0 Å². The number of nitrogens with zero attached hydrogens (tertiary/aromatic N) is 7. The lowest BCUT2D eigenvalue weighted by atomic mass is 10.0. The van der Waals surface area contributed by atoms with Crippen molar-refractivity contribution in [2.75, 3.05) is 11.9 Å². The number of aromatic nitrogens is 6. The summed E-state index contributed by atoms with van der Waals surface area (Å²) in [6, 6.07) is 16.1. The molecule has 1 aliphatic heterocycles. The number of hydrogen-bond acceptors (Lipinski definition) is 7. The van der Waals surface area contributed by atoms with Crippen LogP contribution < -0.4 is 5.32 Å². The third-order valence-electron chi connectivity index (χ3n) is 7.32. The second-order valence-electron chi connectivity index (χ2n) is 10.2. The normalized spacial score (nSPS) is 13.6. The maximum Gasteiger partial charge on any atom is 0.257 e. The largest absolute Gasteiger partial charge is 0.305 e. The molecule has 1 amide bonds. The highest BCUT2D eigenvalue weighted by Gasteiger charge is 2.33. The van der Waals surface area contributed by atoms with Crippen molar-refractivity contribution in [1.29, 1.82) is 0 Å². The van der Waals surface area contributed by atoms with Crippen molar-refractivity contribution in [2.45, 2.75) is 18.0 Å². The molecule has 0 aliphatic carbocycles. The summed E-state index contributed by atoms with van der Waals surface area (Å²) in [4.78, 5) is 20.4. The Balaban J connectivity index is 1.28. The number of amides is 1. The predicted molar refractivity (Wildman–Crippen MR) is 156 cm³/mol. The first-order valence-electron chi connectivity index (χ1n) is 13.6. The molecular formula is C30H21F3N8O3S. The Morgan fingerprint density at radius 3 is 2.33 bits per heavy atom. The number of sulfonamides is 1. The molecule has 0 spiro atoms. The zero-order valence-corrected chi connectivity index (χ0v) is 23.9. The van der Waals surface area contributed by atoms with E-state index in [4.69, 9.17) is 10.2 Å². The van der Waals surface area contributed by atoms with E-state index in [9.17, 15) is 26.4 Å². The van der Waals surface area contributed by atoms with Crippen LogP contribution in [0.2, 0.25) is 0 Å². The van der Waals surface area contributed by atoms with Gasteiger partial charge < -0.3 is 5.32 Å². The Labute approximate surface area is 253 Å². The van der Waals surface area contributed by atoms with Crippen molar-refractivity contribution in [1.82, 2.24) is 33.7 Å². The molecule has 6 aromatic rings. The summed E-state index contributed by atoms with van der Waals surface area (Å²) in [5.74, 6) is -2.20. The van der Waals surface area contributed by atoms with Gasteiger partial charge in [-0.3, -0.25) is 9.48 Å². The number of anilines is 1. The van der Waals surface area contributed by atoms with E-state index < -0.39 is 33.5 Å². The molecule has 5 heterocycles. The second-order valence-corrected chi connectivity index (χ2v) is 12.1. The van der Waals surface area contributed by atoms with Gasteiger partial charge in [0.2, 0.25) is 16.0 Å². The Kier molecular flexibility index (Phi) is 6.90. The van der Waals surface area contributed by atoms with E-state index in [-0.39, 0.29) is 35.9 Å². The SMILES string of the molecule is O=C(Nc1cn2nc(-c3c(-c4ccc(F)cc4)nn4c3CN(S(=O)(=O)c3ccc(F)cc3)CC4)ccc2n1)c1ccnc(F)c1. The van der Waals surface area contributed by atoms with Crippen molar-refractivity contribution < 1.29 is 26.4 Å². The fraction of sp³-hybridized carbons (Fsp3) is 0.100. The number of rotatable bonds is 6. The van der Waals surface area contributed by atoms with E-state index in [1.54, 1.807) is 28.9 Å². The Hall–Kier alpha value is -5.41. The lowest BCUT2D eigenvalue weighted by Gasteiger charge is -2.27. The van der Waals surface area contributed by atoms with Crippen molar-refractivity contribution >= 4 is 27.4 Å². The van der Waals surface area contributed by atoms with Gasteiger partial charge in [-0.05, 0) is 66.7 Å². The molecule has 45 heavy (non-hydrogen) atoms. The van der Waals surface area contributed by atoms with Gasteiger partial charge in [0.15, 0.2) is 11.5 Å². The number of carbonyl (C=O) groups is 1. The first kappa shape index (κ1) is 28.4. The highest BCUT2D eigenvalue weighted by atomic mass is 32.2. The minimum Gasteiger partial charge on any atom is -0.305 e. The summed E-state index contributed by atoms with van der Waals surface area (Å²) in [5, 5.41) is 12.1. The lowest BCUT2D eigenvalue weighted by molar-refractivity contribution is 0.102. The first-order valence-corrected chi connectivity index (χ1v) is 15.0. The van der Waals surface area contributed by atoms with Crippen LogP contribution >= 0.6 is 0 Å². The highest BCUT2D eigenvalue weighted by molar-refractivity contribution is 7.89. The van der Waals surface area contributed by atoms with E-state index in [2.05, 4.69) is 15.3 Å². The summed E-state index contributed by atoms with van der Waals surface area (Å²) in [6.45, 7) is 0.287. The molecule has 15 heteroatoms. The van der Waals surface area contributed by atoms with Gasteiger partial charge in [0, 0.05) is 29.9 Å². The maximum atomic E-state index is 13.8. The van der Waals surface area contributed by atoms with Crippen molar-refractivity contribution in [3.8, 4) is 22.5 Å². The fourth-order valence-corrected chi connectivity index (χ4v) is 6.53. The number of halogens is 3. The van der Waals surface area contributed by atoms with Crippen LogP contribution in [-0.2, 0) is 23.1 Å². The topological polar surface area (TPSA) is 127 Å². The zero-order valence-electron chi connectivity index (χ0n) is 23.1. The van der Waals surface area contributed by atoms with Crippen LogP contribution in [-0.4, -0.2) is 54.5 Å². The van der Waals surface area contributed by atoms with Gasteiger partial charge in [0.05, 0.1) is 41.1 Å². The van der Waals surface area contributed by atoms with Gasteiger partial charge >= 0.3 is 0 Å². The predicted octanol–water partition coefficient (Wildman–Crippen LogP) is 4.53. The Bertz CT molecular complexity index is 2200. The van der Waals surface area contributed by atoms with E-state index in [0.29, 0.717) is 33.9 Å². The Morgan fingerprint density at radius 2 is 1.60 bits per heavy atom. The van der Waals surface area contributed by atoms with Crippen LogP contribution in [0.5, 0.6) is 0 Å². The van der Waals surface area contributed by atoms with Crippen molar-refractivity contribution in [3.05, 3.63) is 114 Å². The third kappa shape index (κ3) is 5.32. The maximum absolute atomic E-state index is 13.8. The molecule has 0 bridgehead atoms. The number of pyridine rings is 1. The van der Waals surface area contributed by atoms with Crippen molar-refractivity contribution in [2.24, 2.45) is 0 Å². The molecular weight excluding hydrogens is 609 g/mol. The van der Waals surface area contributed by atoms with E-state index in [1.807, 2.05) is 0 Å². The van der Waals surface area contributed by atoms with Gasteiger partial charge in [0.1, 0.15) is 17.3 Å². The van der Waals surface area contributed by atoms with Gasteiger partial charge in [-0.25, -0.2) is 31.7 Å². The van der Waals surface area contributed by atoms with Crippen LogP contribution in [0.4, 0.5) is 19.0 Å². The number of fused-ring (bicyclic) bond motifs is 2. The highest BCUT2D eigenvalue weighted by Crippen LogP contribution is 2.37. The minimum atomic E-state index is -3.98. The quantitative estimate of drug-likeness (QED) is 0.268. The van der Waals surface area contributed by atoms with Gasteiger partial charge in [0.25, 0.3) is 5.91 Å². The summed E-state index contributed by atoms with van der Waals surface area (Å²) < 4.78 is 72.3. The van der Waals surface area contributed by atoms with Crippen LogP contribution in [0.15, 0.2) is 90.1 Å². The molecule has 11 nitrogen and oxygen atoms in total. The molecule has 1 N–H and O–H groups in total. The monoisotopic (exact) mass is 630 g/mol. The van der Waals surface area contributed by atoms with E-state index >= 15 is 0 Å². The molecule has 0 fully saturated rings. The molecule has 7 rings (SSSR count). The summed E-state index contributed by atoms with van der Waals surface area (Å²) in [7, 11) is -3.98. The van der Waals surface area contributed by atoms with Crippen LogP contribution in [0.3, 0.4) is 0 Å². The number of carbonyl (C=O) groups excluding carboxylic acids is 1. The number of imidazole rings is 1. The smallest absolute Gasteiger partial charge is 0.257 e. The number of nitrogens with one attached hydrogen (secondary N) is 1. The molecule has 0 saturated heterocycles. The Morgan fingerprint density at radius 1 is 0.867 bits per heavy atom. The second kappa shape index (κ2) is 10.9. The molecule has 2 aromatic carbocycles. The number of benzene rings is 2. The van der Waals surface area contributed by atoms with Crippen LogP contribution in [0.25, 0.3) is 28.2 Å². The zero-order chi connectivity index (χ0) is 31.3. The number of hydrogen-bond donors (Lipinski definition) is 1. The molecule has 0 unspecified atom stereocenters. The summed E-state index contributed by atoms with van der Waals surface area (Å²) in [6.07, 6.45) is 2.66. The lowest BCUT2D eigenvalue weighted by Crippen LogP contribution is -2.38. The molecule has 0 atom stereocenters. The molecule has 0 radical (unpaired) electrons. The van der Waals surface area contributed by atoms with Crippen molar-refractivity contribution in [3.63, 3.8) is 0 Å². The summed E-state index contributed by atoms with van der Waals surface area (Å²) >= 11 is 0.